The molecule has 1 amide bonds. The number of carbonyl (C=O) groups is 1. The van der Waals surface area contributed by atoms with E-state index in [2.05, 4.69) is 0 Å². The zero-order chi connectivity index (χ0) is 14.8. The van der Waals surface area contributed by atoms with Crippen LogP contribution in [0, 0.1) is 11.3 Å². The standard InChI is InChI=1S/C12H13N3O4S/c13-9-10-3-1-2-4-11(10)20(18,19)15-7-5-14(6-8-15)12(16)17/h1-4H,5-8H2,(H,16,17). The minimum atomic E-state index is -3.76. The molecule has 1 N–H and O–H groups in total. The number of nitriles is 1. The van der Waals surface area contributed by atoms with Crippen molar-refractivity contribution in [2.75, 3.05) is 26.2 Å². The van der Waals surface area contributed by atoms with Crippen LogP contribution >= 0.6 is 0 Å². The number of nitrogens with zero attached hydrogens (tertiary/aromatic N) is 3. The molecule has 1 heterocycles. The van der Waals surface area contributed by atoms with Crippen LogP contribution in [0.1, 0.15) is 5.56 Å². The Morgan fingerprint density at radius 1 is 1.20 bits per heavy atom. The molecule has 0 radical (unpaired) electrons. The molecule has 0 aromatic heterocycles. The van der Waals surface area contributed by atoms with Gasteiger partial charge in [-0.2, -0.15) is 9.57 Å². The second-order valence-corrected chi connectivity index (χ2v) is 6.19. The largest absolute Gasteiger partial charge is 0.465 e. The Morgan fingerprint density at radius 2 is 1.80 bits per heavy atom. The molecule has 1 aromatic rings. The van der Waals surface area contributed by atoms with Crippen molar-refractivity contribution in [2.24, 2.45) is 0 Å². The van der Waals surface area contributed by atoms with Crippen molar-refractivity contribution < 1.29 is 18.3 Å². The van der Waals surface area contributed by atoms with E-state index >= 15 is 0 Å². The van der Waals surface area contributed by atoms with Crippen LogP contribution in [0.15, 0.2) is 29.2 Å². The summed E-state index contributed by atoms with van der Waals surface area (Å²) in [6.45, 7) is 0.440. The second kappa shape index (κ2) is 5.48. The van der Waals surface area contributed by atoms with Crippen molar-refractivity contribution in [2.45, 2.75) is 4.90 Å². The topological polar surface area (TPSA) is 102 Å². The number of amides is 1. The Bertz CT molecular complexity index is 658. The van der Waals surface area contributed by atoms with Crippen molar-refractivity contribution in [1.29, 1.82) is 5.26 Å². The number of benzene rings is 1. The molecule has 0 spiro atoms. The number of rotatable bonds is 2. The van der Waals surface area contributed by atoms with Gasteiger partial charge in [-0.15, -0.1) is 0 Å². The normalized spacial score (nSPS) is 16.6. The lowest BCUT2D eigenvalue weighted by molar-refractivity contribution is 0.126. The zero-order valence-corrected chi connectivity index (χ0v) is 11.4. The molecule has 106 valence electrons. The fraction of sp³-hybridized carbons (Fsp3) is 0.333. The average Bonchev–Trinajstić information content (AvgIpc) is 2.47. The minimum Gasteiger partial charge on any atom is -0.465 e. The number of hydrogen-bond donors (Lipinski definition) is 1. The molecule has 0 atom stereocenters. The monoisotopic (exact) mass is 295 g/mol. The summed E-state index contributed by atoms with van der Waals surface area (Å²) in [5.41, 5.74) is 0.0909. The number of hydrogen-bond acceptors (Lipinski definition) is 4. The summed E-state index contributed by atoms with van der Waals surface area (Å²) in [7, 11) is -3.76. The highest BCUT2D eigenvalue weighted by Crippen LogP contribution is 2.20. The Labute approximate surface area is 116 Å². The molecule has 8 heteroatoms. The van der Waals surface area contributed by atoms with E-state index in [0.29, 0.717) is 0 Å². The number of carboxylic acid groups (broad SMARTS) is 1. The van der Waals surface area contributed by atoms with Crippen molar-refractivity contribution in [3.05, 3.63) is 29.8 Å². The second-order valence-electron chi connectivity index (χ2n) is 4.28. The van der Waals surface area contributed by atoms with E-state index in [1.807, 2.05) is 6.07 Å². The van der Waals surface area contributed by atoms with Crippen LogP contribution in [0.3, 0.4) is 0 Å². The lowest BCUT2D eigenvalue weighted by Gasteiger charge is -2.32. The summed E-state index contributed by atoms with van der Waals surface area (Å²) in [4.78, 5) is 11.9. The third-order valence-corrected chi connectivity index (χ3v) is 5.09. The van der Waals surface area contributed by atoms with Crippen LogP contribution in [-0.2, 0) is 10.0 Å². The third-order valence-electron chi connectivity index (χ3n) is 3.13. The predicted molar refractivity (Wildman–Crippen MR) is 69.5 cm³/mol. The highest BCUT2D eigenvalue weighted by Gasteiger charge is 2.31. The Balaban J connectivity index is 2.25. The van der Waals surface area contributed by atoms with Crippen LogP contribution in [-0.4, -0.2) is 55.0 Å². The van der Waals surface area contributed by atoms with E-state index in [4.69, 9.17) is 10.4 Å². The fourth-order valence-corrected chi connectivity index (χ4v) is 3.61. The van der Waals surface area contributed by atoms with Gasteiger partial charge in [0.2, 0.25) is 10.0 Å². The van der Waals surface area contributed by atoms with Crippen LogP contribution in [0.4, 0.5) is 4.79 Å². The summed E-state index contributed by atoms with van der Waals surface area (Å²) >= 11 is 0. The van der Waals surface area contributed by atoms with Gasteiger partial charge in [-0.05, 0) is 12.1 Å². The molecule has 1 fully saturated rings. The summed E-state index contributed by atoms with van der Waals surface area (Å²) in [6, 6.07) is 7.84. The predicted octanol–water partition coefficient (Wildman–Crippen LogP) is 0.543. The van der Waals surface area contributed by atoms with E-state index in [0.717, 1.165) is 0 Å². The van der Waals surface area contributed by atoms with E-state index in [-0.39, 0.29) is 36.6 Å². The average molecular weight is 295 g/mol. The van der Waals surface area contributed by atoms with Gasteiger partial charge in [0.1, 0.15) is 6.07 Å². The Hall–Kier alpha value is -2.11. The summed E-state index contributed by atoms with van der Waals surface area (Å²) < 4.78 is 26.1. The van der Waals surface area contributed by atoms with Crippen LogP contribution in [0.5, 0.6) is 0 Å². The van der Waals surface area contributed by atoms with E-state index in [1.54, 1.807) is 12.1 Å². The van der Waals surface area contributed by atoms with Gasteiger partial charge in [0.15, 0.2) is 0 Å². The first kappa shape index (κ1) is 14.3. The molecule has 20 heavy (non-hydrogen) atoms. The fourth-order valence-electron chi connectivity index (χ4n) is 2.04. The molecular formula is C12H13N3O4S. The van der Waals surface area contributed by atoms with Crippen LogP contribution in [0.25, 0.3) is 0 Å². The Morgan fingerprint density at radius 3 is 2.35 bits per heavy atom. The quantitative estimate of drug-likeness (QED) is 0.858. The molecule has 0 unspecified atom stereocenters. The molecule has 7 nitrogen and oxygen atoms in total. The van der Waals surface area contributed by atoms with Crippen molar-refractivity contribution in [1.82, 2.24) is 9.21 Å². The molecule has 2 rings (SSSR count). The van der Waals surface area contributed by atoms with E-state index < -0.39 is 16.1 Å². The highest BCUT2D eigenvalue weighted by atomic mass is 32.2. The SMILES string of the molecule is N#Cc1ccccc1S(=O)(=O)N1CCN(C(=O)O)CC1. The molecular weight excluding hydrogens is 282 g/mol. The van der Waals surface area contributed by atoms with E-state index in [1.165, 1.54) is 21.3 Å². The molecule has 1 aliphatic rings. The summed E-state index contributed by atoms with van der Waals surface area (Å²) in [6.07, 6.45) is -1.06. The highest BCUT2D eigenvalue weighted by molar-refractivity contribution is 7.89. The molecule has 0 saturated carbocycles. The number of sulfonamides is 1. The van der Waals surface area contributed by atoms with Gasteiger partial charge < -0.3 is 10.0 Å². The lowest BCUT2D eigenvalue weighted by Crippen LogP contribution is -2.50. The molecule has 1 aliphatic heterocycles. The van der Waals surface area contributed by atoms with Gasteiger partial charge in [0.05, 0.1) is 10.5 Å². The van der Waals surface area contributed by atoms with Gasteiger partial charge >= 0.3 is 6.09 Å². The first-order valence-corrected chi connectivity index (χ1v) is 7.38. The maximum absolute atomic E-state index is 12.5. The lowest BCUT2D eigenvalue weighted by atomic mass is 10.2. The van der Waals surface area contributed by atoms with Crippen molar-refractivity contribution >= 4 is 16.1 Å². The summed E-state index contributed by atoms with van der Waals surface area (Å²) in [5, 5.41) is 17.8. The maximum atomic E-state index is 12.5. The van der Waals surface area contributed by atoms with Gasteiger partial charge in [-0.25, -0.2) is 13.2 Å². The van der Waals surface area contributed by atoms with Gasteiger partial charge in [0, 0.05) is 26.2 Å². The zero-order valence-electron chi connectivity index (χ0n) is 10.6. The number of piperazine rings is 1. The molecule has 1 saturated heterocycles. The first-order valence-electron chi connectivity index (χ1n) is 5.94. The first-order chi connectivity index (χ1) is 9.46. The van der Waals surface area contributed by atoms with E-state index in [9.17, 15) is 13.2 Å². The van der Waals surface area contributed by atoms with Gasteiger partial charge in [0.25, 0.3) is 0 Å². The molecule has 0 aliphatic carbocycles. The maximum Gasteiger partial charge on any atom is 0.407 e. The van der Waals surface area contributed by atoms with Crippen LogP contribution in [0.2, 0.25) is 0 Å². The smallest absolute Gasteiger partial charge is 0.407 e. The van der Waals surface area contributed by atoms with Crippen molar-refractivity contribution in [3.8, 4) is 6.07 Å². The Kier molecular flexibility index (Phi) is 3.92. The van der Waals surface area contributed by atoms with Gasteiger partial charge in [-0.1, -0.05) is 12.1 Å². The van der Waals surface area contributed by atoms with Gasteiger partial charge in [-0.3, -0.25) is 0 Å². The molecule has 1 aromatic carbocycles. The van der Waals surface area contributed by atoms with Crippen LogP contribution < -0.4 is 0 Å². The summed E-state index contributed by atoms with van der Waals surface area (Å²) in [5.74, 6) is 0. The minimum absolute atomic E-state index is 0.0359. The molecule has 0 bridgehead atoms. The van der Waals surface area contributed by atoms with Crippen molar-refractivity contribution in [3.63, 3.8) is 0 Å². The third kappa shape index (κ3) is 2.59.